The number of fused-ring (bicyclic) bond motifs is 1. The number of aromatic nitrogens is 3. The van der Waals surface area contributed by atoms with Crippen molar-refractivity contribution in [3.05, 3.63) is 29.6 Å². The largest absolute Gasteiger partial charge is 0.383 e. The third kappa shape index (κ3) is 3.96. The van der Waals surface area contributed by atoms with E-state index in [2.05, 4.69) is 20.3 Å². The van der Waals surface area contributed by atoms with E-state index in [1.165, 1.54) is 0 Å². The first-order valence-corrected chi connectivity index (χ1v) is 9.42. The summed E-state index contributed by atoms with van der Waals surface area (Å²) in [5.41, 5.74) is 3.33. The molecule has 0 aromatic carbocycles. The van der Waals surface area contributed by atoms with Gasteiger partial charge in [0.25, 0.3) is 5.91 Å². The maximum absolute atomic E-state index is 12.7. The monoisotopic (exact) mass is 371 g/mol. The summed E-state index contributed by atoms with van der Waals surface area (Å²) in [5.74, 6) is 0.658. The Hall–Kier alpha value is -2.45. The van der Waals surface area contributed by atoms with Crippen LogP contribution in [0.4, 0.5) is 5.95 Å². The molecule has 2 aliphatic rings. The summed E-state index contributed by atoms with van der Waals surface area (Å²) in [5, 5.41) is 3.39. The van der Waals surface area contributed by atoms with Crippen molar-refractivity contribution < 1.29 is 14.3 Å². The Labute approximate surface area is 158 Å². The highest BCUT2D eigenvalue weighted by atomic mass is 16.5. The molecule has 2 aromatic rings. The topological polar surface area (TPSA) is 92.4 Å². The molecule has 144 valence electrons. The van der Waals surface area contributed by atoms with Crippen molar-refractivity contribution in [2.24, 2.45) is 0 Å². The first-order valence-electron chi connectivity index (χ1n) is 9.42. The normalized spacial score (nSPS) is 17.8. The number of nitrogens with one attached hydrogen (secondary N) is 2. The molecular formula is C19H25N5O3. The van der Waals surface area contributed by atoms with Gasteiger partial charge < -0.3 is 24.7 Å². The molecule has 1 amide bonds. The maximum Gasteiger partial charge on any atom is 0.255 e. The Morgan fingerprint density at radius 1 is 1.41 bits per heavy atom. The van der Waals surface area contributed by atoms with Gasteiger partial charge in [0, 0.05) is 57.8 Å². The van der Waals surface area contributed by atoms with Gasteiger partial charge in [-0.25, -0.2) is 9.97 Å². The Balaban J connectivity index is 1.51. The van der Waals surface area contributed by atoms with E-state index in [0.717, 1.165) is 55.1 Å². The molecule has 2 N–H and O–H groups in total. The molecule has 0 aliphatic carbocycles. The van der Waals surface area contributed by atoms with E-state index in [4.69, 9.17) is 9.47 Å². The lowest BCUT2D eigenvalue weighted by molar-refractivity contribution is 0.0678. The van der Waals surface area contributed by atoms with E-state index in [1.54, 1.807) is 13.3 Å². The summed E-state index contributed by atoms with van der Waals surface area (Å²) in [6.45, 7) is 3.40. The Bertz CT molecular complexity index is 800. The lowest BCUT2D eigenvalue weighted by atomic mass is 10.1. The second kappa shape index (κ2) is 8.06. The summed E-state index contributed by atoms with van der Waals surface area (Å²) in [6, 6.07) is 4.10. The average molecular weight is 371 g/mol. The van der Waals surface area contributed by atoms with Crippen LogP contribution in [0.2, 0.25) is 0 Å². The molecule has 0 atom stereocenters. The zero-order valence-electron chi connectivity index (χ0n) is 15.5. The number of carbonyl (C=O) groups is 1. The zero-order chi connectivity index (χ0) is 18.6. The standard InChI is InChI=1S/C19H25N5O3/c1-26-11-8-24-7-3-15-14(18(24)25)12-17(22-15)16-2-6-20-19(23-16)21-13-4-9-27-10-5-13/h2,6,12-13,22H,3-5,7-11H2,1H3,(H,20,21,23). The van der Waals surface area contributed by atoms with Gasteiger partial charge in [-0.2, -0.15) is 0 Å². The third-order valence-corrected chi connectivity index (χ3v) is 5.10. The highest BCUT2D eigenvalue weighted by molar-refractivity contribution is 5.97. The molecule has 2 aromatic heterocycles. The minimum absolute atomic E-state index is 0.0467. The molecule has 27 heavy (non-hydrogen) atoms. The van der Waals surface area contributed by atoms with Gasteiger partial charge in [0.05, 0.1) is 23.6 Å². The fourth-order valence-electron chi connectivity index (χ4n) is 3.56. The molecule has 2 aliphatic heterocycles. The van der Waals surface area contributed by atoms with E-state index in [1.807, 2.05) is 17.0 Å². The van der Waals surface area contributed by atoms with Gasteiger partial charge in [0.1, 0.15) is 0 Å². The second-order valence-corrected chi connectivity index (χ2v) is 6.91. The molecule has 1 saturated heterocycles. The molecule has 0 saturated carbocycles. The Morgan fingerprint density at radius 3 is 3.07 bits per heavy atom. The van der Waals surface area contributed by atoms with Gasteiger partial charge in [-0.05, 0) is 25.0 Å². The molecule has 8 heteroatoms. The van der Waals surface area contributed by atoms with E-state index < -0.39 is 0 Å². The summed E-state index contributed by atoms with van der Waals surface area (Å²) in [4.78, 5) is 26.9. The number of rotatable bonds is 6. The molecule has 0 radical (unpaired) electrons. The second-order valence-electron chi connectivity index (χ2n) is 6.91. The molecule has 8 nitrogen and oxygen atoms in total. The number of ether oxygens (including phenoxy) is 2. The molecule has 1 fully saturated rings. The van der Waals surface area contributed by atoms with Crippen molar-refractivity contribution in [1.82, 2.24) is 19.9 Å². The first-order chi connectivity index (χ1) is 13.2. The quantitative estimate of drug-likeness (QED) is 0.803. The van der Waals surface area contributed by atoms with Crippen LogP contribution in [0.5, 0.6) is 0 Å². The van der Waals surface area contributed by atoms with Crippen molar-refractivity contribution in [3.8, 4) is 11.4 Å². The number of anilines is 1. The van der Waals surface area contributed by atoms with Crippen LogP contribution in [0.3, 0.4) is 0 Å². The van der Waals surface area contributed by atoms with E-state index in [0.29, 0.717) is 31.7 Å². The number of H-pyrrole nitrogens is 1. The summed E-state index contributed by atoms with van der Waals surface area (Å²) in [7, 11) is 1.65. The predicted molar refractivity (Wildman–Crippen MR) is 101 cm³/mol. The van der Waals surface area contributed by atoms with Crippen molar-refractivity contribution in [3.63, 3.8) is 0 Å². The lowest BCUT2D eigenvalue weighted by Crippen LogP contribution is -2.39. The van der Waals surface area contributed by atoms with Crippen molar-refractivity contribution in [1.29, 1.82) is 0 Å². The van der Waals surface area contributed by atoms with Gasteiger partial charge in [-0.15, -0.1) is 0 Å². The number of nitrogens with zero attached hydrogens (tertiary/aromatic N) is 3. The highest BCUT2D eigenvalue weighted by Gasteiger charge is 2.26. The molecule has 4 rings (SSSR count). The fourth-order valence-corrected chi connectivity index (χ4v) is 3.56. The van der Waals surface area contributed by atoms with Gasteiger partial charge in [0.15, 0.2) is 0 Å². The van der Waals surface area contributed by atoms with Crippen molar-refractivity contribution >= 4 is 11.9 Å². The average Bonchev–Trinajstić information content (AvgIpc) is 3.14. The first kappa shape index (κ1) is 17.9. The number of aromatic amines is 1. The van der Waals surface area contributed by atoms with Crippen LogP contribution < -0.4 is 5.32 Å². The van der Waals surface area contributed by atoms with E-state index in [-0.39, 0.29) is 5.91 Å². The van der Waals surface area contributed by atoms with Gasteiger partial charge in [-0.1, -0.05) is 0 Å². The van der Waals surface area contributed by atoms with Crippen LogP contribution in [0.25, 0.3) is 11.4 Å². The number of amides is 1. The van der Waals surface area contributed by atoms with Crippen LogP contribution >= 0.6 is 0 Å². The number of hydrogen-bond acceptors (Lipinski definition) is 6. The van der Waals surface area contributed by atoms with Crippen LogP contribution in [0.1, 0.15) is 28.9 Å². The number of hydrogen-bond donors (Lipinski definition) is 2. The van der Waals surface area contributed by atoms with Crippen LogP contribution in [-0.4, -0.2) is 71.8 Å². The summed E-state index contributed by atoms with van der Waals surface area (Å²) < 4.78 is 10.5. The third-order valence-electron chi connectivity index (χ3n) is 5.10. The molecule has 0 spiro atoms. The smallest absolute Gasteiger partial charge is 0.255 e. The highest BCUT2D eigenvalue weighted by Crippen LogP contribution is 2.25. The number of methoxy groups -OCH3 is 1. The summed E-state index contributed by atoms with van der Waals surface area (Å²) in [6.07, 6.45) is 4.46. The van der Waals surface area contributed by atoms with Gasteiger partial charge in [-0.3, -0.25) is 4.79 Å². The van der Waals surface area contributed by atoms with Crippen molar-refractivity contribution in [2.75, 3.05) is 45.3 Å². The molecule has 0 unspecified atom stereocenters. The van der Waals surface area contributed by atoms with E-state index >= 15 is 0 Å². The molecular weight excluding hydrogens is 346 g/mol. The van der Waals surface area contributed by atoms with Crippen LogP contribution in [-0.2, 0) is 15.9 Å². The van der Waals surface area contributed by atoms with Gasteiger partial charge in [0.2, 0.25) is 5.95 Å². The Kier molecular flexibility index (Phi) is 5.35. The predicted octanol–water partition coefficient (Wildman–Crippen LogP) is 1.71. The fraction of sp³-hybridized carbons (Fsp3) is 0.526. The molecule has 4 heterocycles. The van der Waals surface area contributed by atoms with E-state index in [9.17, 15) is 4.79 Å². The zero-order valence-corrected chi connectivity index (χ0v) is 15.5. The minimum atomic E-state index is 0.0467. The lowest BCUT2D eigenvalue weighted by Gasteiger charge is -2.26. The SMILES string of the molecule is COCCN1CCc2[nH]c(-c3ccnc(NC4CCOCC4)n3)cc2C1=O. The van der Waals surface area contributed by atoms with Gasteiger partial charge >= 0.3 is 0 Å². The molecule has 0 bridgehead atoms. The maximum atomic E-state index is 12.7. The van der Waals surface area contributed by atoms with Crippen molar-refractivity contribution in [2.45, 2.75) is 25.3 Å². The Morgan fingerprint density at radius 2 is 2.26 bits per heavy atom. The van der Waals surface area contributed by atoms with Crippen LogP contribution in [0.15, 0.2) is 18.3 Å². The number of carbonyl (C=O) groups excluding carboxylic acids is 1. The van der Waals surface area contributed by atoms with Crippen LogP contribution in [0, 0.1) is 0 Å². The summed E-state index contributed by atoms with van der Waals surface area (Å²) >= 11 is 0. The minimum Gasteiger partial charge on any atom is -0.383 e.